The predicted molar refractivity (Wildman–Crippen MR) is 182 cm³/mol. The van der Waals surface area contributed by atoms with Crippen molar-refractivity contribution in [3.63, 3.8) is 0 Å². The van der Waals surface area contributed by atoms with Crippen molar-refractivity contribution in [3.05, 3.63) is 100 Å². The number of aromatic hydroxyl groups is 1. The van der Waals surface area contributed by atoms with E-state index in [0.717, 1.165) is 42.7 Å². The minimum atomic E-state index is -1.59. The molecule has 6 atom stereocenters. The van der Waals surface area contributed by atoms with Crippen molar-refractivity contribution < 1.29 is 33.4 Å². The van der Waals surface area contributed by atoms with E-state index in [4.69, 9.17) is 16.3 Å². The summed E-state index contributed by atoms with van der Waals surface area (Å²) < 4.78 is 19.4. The lowest BCUT2D eigenvalue weighted by molar-refractivity contribution is -0.144. The van der Waals surface area contributed by atoms with Crippen LogP contribution >= 0.6 is 11.6 Å². The molecule has 0 unspecified atom stereocenters. The maximum absolute atomic E-state index is 15.2. The van der Waals surface area contributed by atoms with Crippen LogP contribution in [0.3, 0.4) is 0 Å². The third-order valence-corrected chi connectivity index (χ3v) is 12.0. The second-order valence-corrected chi connectivity index (χ2v) is 14.5. The summed E-state index contributed by atoms with van der Waals surface area (Å²) in [6, 6.07) is 17.0. The summed E-state index contributed by atoms with van der Waals surface area (Å²) in [5, 5.41) is 13.2. The molecule has 3 aromatic carbocycles. The largest absolute Gasteiger partial charge is 0.504 e. The number of carbonyl (C=O) groups is 4. The Labute approximate surface area is 294 Å². The van der Waals surface area contributed by atoms with Crippen LogP contribution in [0.5, 0.6) is 11.5 Å². The first-order chi connectivity index (χ1) is 24.2. The highest BCUT2D eigenvalue weighted by atomic mass is 35.5. The molecule has 11 heteroatoms. The fourth-order valence-corrected chi connectivity index (χ4v) is 9.79. The number of halogens is 2. The van der Waals surface area contributed by atoms with Gasteiger partial charge < -0.3 is 9.84 Å². The number of hydrogen-bond donors (Lipinski definition) is 2. The molecule has 5 aliphatic rings. The number of likely N-dealkylation sites (tertiary alicyclic amines) is 1. The molecule has 2 aliphatic heterocycles. The number of hydrazine groups is 1. The van der Waals surface area contributed by atoms with Crippen molar-refractivity contribution in [2.24, 2.45) is 23.7 Å². The molecule has 2 saturated heterocycles. The van der Waals surface area contributed by atoms with Gasteiger partial charge in [-0.2, -0.15) is 5.01 Å². The molecule has 8 rings (SSSR count). The highest BCUT2D eigenvalue weighted by Gasteiger charge is 2.71. The van der Waals surface area contributed by atoms with Crippen LogP contribution in [0.1, 0.15) is 62.0 Å². The molecule has 3 aliphatic carbocycles. The maximum atomic E-state index is 15.2. The maximum Gasteiger partial charge on any atom is 0.260 e. The summed E-state index contributed by atoms with van der Waals surface area (Å²) in [7, 11) is 1.44. The van der Waals surface area contributed by atoms with Gasteiger partial charge >= 0.3 is 0 Å². The van der Waals surface area contributed by atoms with Gasteiger partial charge in [0.1, 0.15) is 5.82 Å². The zero-order chi connectivity index (χ0) is 34.9. The summed E-state index contributed by atoms with van der Waals surface area (Å²) in [5.41, 5.74) is 3.29. The summed E-state index contributed by atoms with van der Waals surface area (Å²) in [6.45, 7) is 0. The zero-order valence-corrected chi connectivity index (χ0v) is 28.2. The van der Waals surface area contributed by atoms with Crippen LogP contribution in [0.15, 0.2) is 78.4 Å². The number of nitrogens with one attached hydrogen (secondary N) is 1. The van der Waals surface area contributed by atoms with E-state index in [-0.39, 0.29) is 35.8 Å². The molecule has 2 heterocycles. The van der Waals surface area contributed by atoms with Gasteiger partial charge in [0.2, 0.25) is 11.8 Å². The number of anilines is 1. The third-order valence-electron chi connectivity index (χ3n) is 11.8. The average molecular weight is 698 g/mol. The SMILES string of the molecule is COc1cccc([C@H]2C3=CC[C@@H]4C(=O)N(C5CCCCC5)C(=O)[C@@H]4[C@@H]3C[C@H]3C(=O)N(Nc4ccc(F)cc4)C(=O)[C@@]23c2ccc(Cl)cc2)c1O. The fourth-order valence-electron chi connectivity index (χ4n) is 9.66. The minimum absolute atomic E-state index is 0.126. The molecule has 9 nitrogen and oxygen atoms in total. The molecule has 0 bridgehead atoms. The molecule has 0 aromatic heterocycles. The monoisotopic (exact) mass is 697 g/mol. The molecule has 50 heavy (non-hydrogen) atoms. The Kier molecular flexibility index (Phi) is 7.97. The molecular weight excluding hydrogens is 661 g/mol. The van der Waals surface area contributed by atoms with E-state index in [2.05, 4.69) is 5.43 Å². The van der Waals surface area contributed by atoms with Gasteiger partial charge in [0.15, 0.2) is 11.5 Å². The van der Waals surface area contributed by atoms with E-state index >= 15 is 4.79 Å². The number of hydrogen-bond acceptors (Lipinski definition) is 7. The molecular formula is C39H37ClFN3O6. The van der Waals surface area contributed by atoms with Gasteiger partial charge in [-0.3, -0.25) is 29.5 Å². The lowest BCUT2D eigenvalue weighted by Gasteiger charge is -2.50. The number of nitrogens with zero attached hydrogens (tertiary/aromatic N) is 2. The minimum Gasteiger partial charge on any atom is -0.504 e. The highest BCUT2D eigenvalue weighted by molar-refractivity contribution is 6.30. The Hall–Kier alpha value is -4.70. The first-order valence-corrected chi connectivity index (χ1v) is 17.6. The van der Waals surface area contributed by atoms with E-state index < -0.39 is 52.6 Å². The third kappa shape index (κ3) is 4.71. The van der Waals surface area contributed by atoms with Crippen LogP contribution < -0.4 is 10.2 Å². The molecule has 2 N–H and O–H groups in total. The van der Waals surface area contributed by atoms with Gasteiger partial charge in [0, 0.05) is 22.5 Å². The van der Waals surface area contributed by atoms with Gasteiger partial charge in [0.25, 0.3) is 11.8 Å². The molecule has 258 valence electrons. The van der Waals surface area contributed by atoms with Gasteiger partial charge in [0.05, 0.1) is 36.0 Å². The number of para-hydroxylation sites is 1. The van der Waals surface area contributed by atoms with Gasteiger partial charge in [-0.1, -0.05) is 66.8 Å². The Morgan fingerprint density at radius 3 is 2.32 bits per heavy atom. The number of ether oxygens (including phenoxy) is 1. The van der Waals surface area contributed by atoms with Gasteiger partial charge in [-0.15, -0.1) is 0 Å². The quantitative estimate of drug-likeness (QED) is 0.223. The van der Waals surface area contributed by atoms with Crippen molar-refractivity contribution in [2.45, 2.75) is 62.3 Å². The number of benzene rings is 3. The lowest BCUT2D eigenvalue weighted by Crippen LogP contribution is -2.53. The standard InChI is InChI=1S/C39H37ClFN3O6/c1-50-31-9-5-8-28(34(31)45)33-26-18-19-27-32(37(48)43(35(27)46)25-6-3-2-4-7-25)29(26)20-30-36(47)44(42-24-16-14-23(41)15-17-24)38(49)39(30,33)21-10-12-22(40)13-11-21/h5,8-18,25,27,29-30,32-33,42,45H,2-4,6-7,19-20H2,1H3/t27-,29+,30-,32-,33+,39+/m0/s1. The second-order valence-electron chi connectivity index (χ2n) is 14.1. The van der Waals surface area contributed by atoms with Crippen molar-refractivity contribution in [2.75, 3.05) is 12.5 Å². The van der Waals surface area contributed by atoms with E-state index in [0.29, 0.717) is 28.3 Å². The Morgan fingerprint density at radius 2 is 1.62 bits per heavy atom. The van der Waals surface area contributed by atoms with Crippen molar-refractivity contribution in [3.8, 4) is 11.5 Å². The molecule has 0 radical (unpaired) electrons. The van der Waals surface area contributed by atoms with Crippen LogP contribution in [0.2, 0.25) is 5.02 Å². The number of allylic oxidation sites excluding steroid dienone is 2. The predicted octanol–water partition coefficient (Wildman–Crippen LogP) is 6.51. The number of amides is 4. The number of phenols is 1. The van der Waals surface area contributed by atoms with Crippen LogP contribution in [0.4, 0.5) is 10.1 Å². The Bertz CT molecular complexity index is 1930. The smallest absolute Gasteiger partial charge is 0.260 e. The van der Waals surface area contributed by atoms with Gasteiger partial charge in [-0.05, 0) is 79.6 Å². The van der Waals surface area contributed by atoms with Crippen molar-refractivity contribution >= 4 is 40.9 Å². The van der Waals surface area contributed by atoms with Gasteiger partial charge in [-0.25, -0.2) is 4.39 Å². The zero-order valence-electron chi connectivity index (χ0n) is 27.5. The summed E-state index contributed by atoms with van der Waals surface area (Å²) in [5.74, 6) is -5.69. The van der Waals surface area contributed by atoms with E-state index in [1.165, 1.54) is 36.3 Å². The highest BCUT2D eigenvalue weighted by Crippen LogP contribution is 2.65. The van der Waals surface area contributed by atoms with Crippen LogP contribution in [-0.4, -0.2) is 51.8 Å². The summed E-state index contributed by atoms with van der Waals surface area (Å²) in [6.07, 6.45) is 6.94. The average Bonchev–Trinajstić information content (AvgIpc) is 3.51. The first kappa shape index (κ1) is 32.5. The second kappa shape index (κ2) is 12.3. The topological polar surface area (TPSA) is 116 Å². The lowest BCUT2D eigenvalue weighted by atomic mass is 9.49. The molecule has 3 aromatic rings. The van der Waals surface area contributed by atoms with E-state index in [9.17, 15) is 23.9 Å². The number of fused-ring (bicyclic) bond motifs is 4. The Morgan fingerprint density at radius 1 is 0.900 bits per heavy atom. The summed E-state index contributed by atoms with van der Waals surface area (Å²) >= 11 is 6.35. The van der Waals surface area contributed by atoms with E-state index in [1.807, 2.05) is 6.08 Å². The van der Waals surface area contributed by atoms with Crippen molar-refractivity contribution in [1.82, 2.24) is 9.91 Å². The van der Waals surface area contributed by atoms with Crippen LogP contribution in [-0.2, 0) is 24.6 Å². The Balaban J connectivity index is 1.33. The van der Waals surface area contributed by atoms with Crippen LogP contribution in [0.25, 0.3) is 0 Å². The molecule has 2 saturated carbocycles. The van der Waals surface area contributed by atoms with Crippen molar-refractivity contribution in [1.29, 1.82) is 0 Å². The summed E-state index contributed by atoms with van der Waals surface area (Å²) in [4.78, 5) is 59.9. The normalized spacial score (nSPS) is 29.4. The number of phenolic OH excluding ortho intramolecular Hbond substituents is 1. The molecule has 4 fully saturated rings. The molecule has 0 spiro atoms. The number of methoxy groups -OCH3 is 1. The number of imide groups is 2. The number of carbonyl (C=O) groups excluding carboxylic acids is 4. The fraction of sp³-hybridized carbons (Fsp3) is 0.385. The first-order valence-electron chi connectivity index (χ1n) is 17.3. The van der Waals surface area contributed by atoms with E-state index in [1.54, 1.807) is 42.5 Å². The number of rotatable bonds is 6. The molecule has 4 amide bonds. The van der Waals surface area contributed by atoms with Crippen LogP contribution in [0, 0.1) is 29.5 Å².